The summed E-state index contributed by atoms with van der Waals surface area (Å²) >= 11 is 0. The molecule has 0 saturated carbocycles. The SMILES string of the molecule is CNCCCc1c(C(=O)Nc2ccc(C(=O)O)cc2)c(=O)[nH]c2c(NC)cc(F)cc12. The van der Waals surface area contributed by atoms with Crippen molar-refractivity contribution in [3.8, 4) is 0 Å². The molecule has 0 aliphatic rings. The first-order valence-corrected chi connectivity index (χ1v) is 9.71. The highest BCUT2D eigenvalue weighted by molar-refractivity contribution is 6.08. The van der Waals surface area contributed by atoms with Crippen LogP contribution in [-0.2, 0) is 6.42 Å². The number of anilines is 2. The van der Waals surface area contributed by atoms with Gasteiger partial charge in [0.2, 0.25) is 0 Å². The molecule has 3 aromatic rings. The Kier molecular flexibility index (Phi) is 6.66. The molecule has 0 aliphatic carbocycles. The Bertz CT molecular complexity index is 1190. The maximum absolute atomic E-state index is 14.2. The normalized spacial score (nSPS) is 10.8. The maximum atomic E-state index is 14.2. The third kappa shape index (κ3) is 4.72. The van der Waals surface area contributed by atoms with Crippen LogP contribution in [0.2, 0.25) is 0 Å². The second kappa shape index (κ2) is 9.40. The predicted molar refractivity (Wildman–Crippen MR) is 118 cm³/mol. The summed E-state index contributed by atoms with van der Waals surface area (Å²) in [6.45, 7) is 0.653. The molecule has 0 fully saturated rings. The summed E-state index contributed by atoms with van der Waals surface area (Å²) in [5.74, 6) is -2.23. The van der Waals surface area contributed by atoms with E-state index < -0.39 is 23.3 Å². The molecule has 3 rings (SSSR count). The van der Waals surface area contributed by atoms with E-state index >= 15 is 0 Å². The van der Waals surface area contributed by atoms with Crippen LogP contribution in [0.3, 0.4) is 0 Å². The quantitative estimate of drug-likeness (QED) is 0.353. The summed E-state index contributed by atoms with van der Waals surface area (Å²) in [4.78, 5) is 39.6. The fourth-order valence-corrected chi connectivity index (χ4v) is 3.46. The number of aryl methyl sites for hydroxylation is 1. The lowest BCUT2D eigenvalue weighted by atomic mass is 9.97. The van der Waals surface area contributed by atoms with E-state index in [9.17, 15) is 18.8 Å². The number of carboxylic acids is 1. The Morgan fingerprint density at radius 3 is 2.45 bits per heavy atom. The fraction of sp³-hybridized carbons (Fsp3) is 0.227. The number of pyridine rings is 1. The number of hydrogen-bond acceptors (Lipinski definition) is 5. The van der Waals surface area contributed by atoms with Gasteiger partial charge in [-0.15, -0.1) is 0 Å². The third-order valence-corrected chi connectivity index (χ3v) is 4.94. The number of fused-ring (bicyclic) bond motifs is 1. The van der Waals surface area contributed by atoms with Gasteiger partial charge >= 0.3 is 5.97 Å². The highest BCUT2D eigenvalue weighted by atomic mass is 19.1. The van der Waals surface area contributed by atoms with Crippen LogP contribution in [0.5, 0.6) is 0 Å². The van der Waals surface area contributed by atoms with Gasteiger partial charge in [-0.1, -0.05) is 0 Å². The van der Waals surface area contributed by atoms with Gasteiger partial charge < -0.3 is 26.0 Å². The number of amides is 1. The van der Waals surface area contributed by atoms with Gasteiger partial charge in [-0.3, -0.25) is 9.59 Å². The van der Waals surface area contributed by atoms with E-state index in [2.05, 4.69) is 20.9 Å². The highest BCUT2D eigenvalue weighted by Crippen LogP contribution is 2.27. The lowest BCUT2D eigenvalue weighted by Crippen LogP contribution is -2.26. The van der Waals surface area contributed by atoms with Crippen molar-refractivity contribution in [1.29, 1.82) is 0 Å². The fourth-order valence-electron chi connectivity index (χ4n) is 3.46. The number of rotatable bonds is 8. The Balaban J connectivity index is 2.09. The number of aromatic carboxylic acids is 1. The smallest absolute Gasteiger partial charge is 0.335 e. The zero-order chi connectivity index (χ0) is 22.5. The topological polar surface area (TPSA) is 123 Å². The van der Waals surface area contributed by atoms with Gasteiger partial charge in [-0.05, 0) is 68.4 Å². The maximum Gasteiger partial charge on any atom is 0.335 e. The number of hydrogen-bond donors (Lipinski definition) is 5. The second-order valence-corrected chi connectivity index (χ2v) is 6.98. The molecule has 2 aromatic carbocycles. The Labute approximate surface area is 177 Å². The zero-order valence-electron chi connectivity index (χ0n) is 17.1. The van der Waals surface area contributed by atoms with E-state index in [1.54, 1.807) is 14.1 Å². The van der Waals surface area contributed by atoms with Crippen LogP contribution in [0.25, 0.3) is 10.9 Å². The molecule has 0 radical (unpaired) electrons. The van der Waals surface area contributed by atoms with Gasteiger partial charge in [-0.2, -0.15) is 0 Å². The molecule has 0 bridgehead atoms. The zero-order valence-corrected chi connectivity index (χ0v) is 17.1. The number of aromatic amines is 1. The van der Waals surface area contributed by atoms with Gasteiger partial charge in [0.05, 0.1) is 16.8 Å². The summed E-state index contributed by atoms with van der Waals surface area (Å²) in [7, 11) is 3.41. The third-order valence-electron chi connectivity index (χ3n) is 4.94. The number of carbonyl (C=O) groups excluding carboxylic acids is 1. The summed E-state index contributed by atoms with van der Waals surface area (Å²) in [6, 6.07) is 8.17. The molecule has 31 heavy (non-hydrogen) atoms. The van der Waals surface area contributed by atoms with Gasteiger partial charge in [0.15, 0.2) is 0 Å². The van der Waals surface area contributed by atoms with Crippen LogP contribution in [0.1, 0.15) is 32.7 Å². The van der Waals surface area contributed by atoms with Gasteiger partial charge in [0.25, 0.3) is 11.5 Å². The average Bonchev–Trinajstić information content (AvgIpc) is 2.74. The number of carbonyl (C=O) groups is 2. The van der Waals surface area contributed by atoms with Gasteiger partial charge in [-0.25, -0.2) is 9.18 Å². The number of carboxylic acid groups (broad SMARTS) is 1. The monoisotopic (exact) mass is 426 g/mol. The molecule has 0 atom stereocenters. The molecule has 1 heterocycles. The summed E-state index contributed by atoms with van der Waals surface area (Å²) in [5.41, 5.74) is 1.02. The summed E-state index contributed by atoms with van der Waals surface area (Å²) in [6.07, 6.45) is 1.02. The van der Waals surface area contributed by atoms with Crippen molar-refractivity contribution < 1.29 is 19.1 Å². The predicted octanol–water partition coefficient (Wildman–Crippen LogP) is 2.81. The first-order valence-electron chi connectivity index (χ1n) is 9.71. The van der Waals surface area contributed by atoms with Gasteiger partial charge in [0, 0.05) is 18.1 Å². The highest BCUT2D eigenvalue weighted by Gasteiger charge is 2.21. The van der Waals surface area contributed by atoms with E-state index in [1.165, 1.54) is 36.4 Å². The minimum absolute atomic E-state index is 0.0735. The van der Waals surface area contributed by atoms with Crippen molar-refractivity contribution in [3.05, 3.63) is 69.3 Å². The van der Waals surface area contributed by atoms with Crippen LogP contribution < -0.4 is 21.5 Å². The van der Waals surface area contributed by atoms with Gasteiger partial charge in [0.1, 0.15) is 11.4 Å². The van der Waals surface area contributed by atoms with Crippen molar-refractivity contribution in [2.75, 3.05) is 31.3 Å². The van der Waals surface area contributed by atoms with Crippen molar-refractivity contribution in [2.24, 2.45) is 0 Å². The van der Waals surface area contributed by atoms with Crippen LogP contribution in [0.15, 0.2) is 41.2 Å². The molecule has 0 aliphatic heterocycles. The first kappa shape index (κ1) is 22.0. The number of H-pyrrole nitrogens is 1. The molecule has 162 valence electrons. The van der Waals surface area contributed by atoms with Crippen LogP contribution >= 0.6 is 0 Å². The van der Waals surface area contributed by atoms with E-state index in [0.29, 0.717) is 47.2 Å². The average molecular weight is 426 g/mol. The summed E-state index contributed by atoms with van der Waals surface area (Å²) < 4.78 is 14.2. The molecule has 0 spiro atoms. The second-order valence-electron chi connectivity index (χ2n) is 6.98. The largest absolute Gasteiger partial charge is 0.478 e. The number of nitrogens with one attached hydrogen (secondary N) is 4. The van der Waals surface area contributed by atoms with E-state index in [1.807, 2.05) is 0 Å². The molecule has 5 N–H and O–H groups in total. The van der Waals surface area contributed by atoms with E-state index in [-0.39, 0.29) is 11.1 Å². The lowest BCUT2D eigenvalue weighted by molar-refractivity contribution is 0.0696. The van der Waals surface area contributed by atoms with Crippen LogP contribution in [0.4, 0.5) is 15.8 Å². The molecule has 1 amide bonds. The van der Waals surface area contributed by atoms with Crippen molar-refractivity contribution >= 4 is 34.2 Å². The molecule has 9 heteroatoms. The van der Waals surface area contributed by atoms with Crippen molar-refractivity contribution in [2.45, 2.75) is 12.8 Å². The number of benzene rings is 2. The minimum atomic E-state index is -1.09. The minimum Gasteiger partial charge on any atom is -0.478 e. The lowest BCUT2D eigenvalue weighted by Gasteiger charge is -2.15. The van der Waals surface area contributed by atoms with Crippen molar-refractivity contribution in [3.63, 3.8) is 0 Å². The standard InChI is InChI=1S/C22H23FN4O4/c1-24-9-3-4-15-16-10-13(23)11-17(25-2)19(16)27-21(29)18(15)20(28)26-14-7-5-12(6-8-14)22(30)31/h5-8,10-11,24-25H,3-4,9H2,1-2H3,(H,26,28)(H,27,29)(H,30,31). The molecular formula is C22H23FN4O4. The number of halogens is 1. The van der Waals surface area contributed by atoms with Crippen LogP contribution in [0, 0.1) is 5.82 Å². The van der Waals surface area contributed by atoms with Crippen molar-refractivity contribution in [1.82, 2.24) is 10.3 Å². The van der Waals surface area contributed by atoms with E-state index in [4.69, 9.17) is 5.11 Å². The Morgan fingerprint density at radius 1 is 1.13 bits per heavy atom. The number of aromatic nitrogens is 1. The molecule has 8 nitrogen and oxygen atoms in total. The molecular weight excluding hydrogens is 403 g/mol. The summed E-state index contributed by atoms with van der Waals surface area (Å²) in [5, 5.41) is 18.0. The molecule has 1 aromatic heterocycles. The Hall–Kier alpha value is -3.72. The van der Waals surface area contributed by atoms with Crippen LogP contribution in [-0.4, -0.2) is 42.6 Å². The molecule has 0 unspecified atom stereocenters. The van der Waals surface area contributed by atoms with E-state index in [0.717, 1.165) is 0 Å². The Morgan fingerprint density at radius 2 is 1.84 bits per heavy atom. The molecule has 0 saturated heterocycles. The first-order chi connectivity index (χ1) is 14.8.